The first-order valence-corrected chi connectivity index (χ1v) is 5.60. The minimum atomic E-state index is 0.377. The average molecular weight is 227 g/mol. The van der Waals surface area contributed by atoms with Gasteiger partial charge < -0.3 is 10.1 Å². The Balaban J connectivity index is 1.87. The monoisotopic (exact) mass is 226 g/mol. The molecule has 4 heteroatoms. The van der Waals surface area contributed by atoms with Crippen LogP contribution in [0.3, 0.4) is 0 Å². The first-order chi connectivity index (χ1) is 7.29. The number of aromatic nitrogens is 1. The first kappa shape index (κ1) is 10.6. The summed E-state index contributed by atoms with van der Waals surface area (Å²) in [6, 6.07) is 3.77. The van der Waals surface area contributed by atoms with Gasteiger partial charge in [0.05, 0.1) is 7.11 Å². The number of pyridine rings is 1. The lowest BCUT2D eigenvalue weighted by atomic mass is 9.85. The second-order valence-electron chi connectivity index (χ2n) is 3.87. The number of hydrogen-bond acceptors (Lipinski definition) is 3. The molecule has 1 heterocycles. The fourth-order valence-electron chi connectivity index (χ4n) is 1.75. The molecule has 0 bridgehead atoms. The molecule has 1 fully saturated rings. The summed E-state index contributed by atoms with van der Waals surface area (Å²) in [5.74, 6) is 2.29. The number of rotatable bonds is 4. The van der Waals surface area contributed by atoms with E-state index in [4.69, 9.17) is 16.3 Å². The number of nitrogens with zero attached hydrogens (tertiary/aromatic N) is 1. The standard InChI is InChI=1S/C11H15ClN2O/c1-15-10-3-2-4-13-11(10)14-7-8-5-9(12)6-8/h2-4,8-9H,5-7H2,1H3,(H,13,14). The van der Waals surface area contributed by atoms with Crippen LogP contribution in [0.15, 0.2) is 18.3 Å². The molecule has 1 aromatic rings. The third kappa shape index (κ3) is 2.53. The van der Waals surface area contributed by atoms with Crippen LogP contribution >= 0.6 is 11.6 Å². The lowest BCUT2D eigenvalue weighted by Gasteiger charge is -2.31. The Labute approximate surface area is 94.8 Å². The molecule has 82 valence electrons. The summed E-state index contributed by atoms with van der Waals surface area (Å²) < 4.78 is 5.20. The van der Waals surface area contributed by atoms with Gasteiger partial charge in [0.15, 0.2) is 11.6 Å². The van der Waals surface area contributed by atoms with E-state index in [0.29, 0.717) is 11.3 Å². The fraction of sp³-hybridized carbons (Fsp3) is 0.545. The molecule has 1 N–H and O–H groups in total. The Hall–Kier alpha value is -0.960. The number of anilines is 1. The van der Waals surface area contributed by atoms with E-state index >= 15 is 0 Å². The predicted octanol–water partition coefficient (Wildman–Crippen LogP) is 2.52. The molecule has 1 aliphatic carbocycles. The minimum absolute atomic E-state index is 0.377. The summed E-state index contributed by atoms with van der Waals surface area (Å²) in [5.41, 5.74) is 0. The van der Waals surface area contributed by atoms with Crippen molar-refractivity contribution < 1.29 is 4.74 Å². The lowest BCUT2D eigenvalue weighted by Crippen LogP contribution is -2.30. The Morgan fingerprint density at radius 3 is 3.07 bits per heavy atom. The number of nitrogens with one attached hydrogen (secondary N) is 1. The van der Waals surface area contributed by atoms with Crippen molar-refractivity contribution in [3.8, 4) is 5.75 Å². The van der Waals surface area contributed by atoms with Crippen LogP contribution in [0.1, 0.15) is 12.8 Å². The van der Waals surface area contributed by atoms with Crippen molar-refractivity contribution in [3.05, 3.63) is 18.3 Å². The van der Waals surface area contributed by atoms with Crippen LogP contribution < -0.4 is 10.1 Å². The van der Waals surface area contributed by atoms with E-state index in [1.54, 1.807) is 13.3 Å². The molecule has 3 nitrogen and oxygen atoms in total. The van der Waals surface area contributed by atoms with Crippen molar-refractivity contribution in [2.75, 3.05) is 19.0 Å². The third-order valence-corrected chi connectivity index (χ3v) is 3.08. The van der Waals surface area contributed by atoms with Crippen molar-refractivity contribution in [1.29, 1.82) is 0 Å². The molecule has 0 spiro atoms. The number of halogens is 1. The highest BCUT2D eigenvalue weighted by Crippen LogP contribution is 2.32. The van der Waals surface area contributed by atoms with Crippen LogP contribution in [0, 0.1) is 5.92 Å². The Kier molecular flexibility index (Phi) is 3.31. The molecule has 15 heavy (non-hydrogen) atoms. The molecule has 0 aromatic carbocycles. The van der Waals surface area contributed by atoms with Crippen LogP contribution in [0.4, 0.5) is 5.82 Å². The zero-order chi connectivity index (χ0) is 10.7. The number of ether oxygens (including phenoxy) is 1. The van der Waals surface area contributed by atoms with Gasteiger partial charge in [0, 0.05) is 18.1 Å². The van der Waals surface area contributed by atoms with Crippen molar-refractivity contribution in [3.63, 3.8) is 0 Å². The Bertz CT molecular complexity index is 326. The van der Waals surface area contributed by atoms with Gasteiger partial charge in [-0.25, -0.2) is 4.98 Å². The maximum Gasteiger partial charge on any atom is 0.168 e. The van der Waals surface area contributed by atoms with Crippen LogP contribution in [-0.2, 0) is 0 Å². The van der Waals surface area contributed by atoms with E-state index in [0.717, 1.165) is 31.0 Å². The first-order valence-electron chi connectivity index (χ1n) is 5.16. The van der Waals surface area contributed by atoms with Crippen molar-refractivity contribution >= 4 is 17.4 Å². The van der Waals surface area contributed by atoms with Gasteiger partial charge in [-0.1, -0.05) is 0 Å². The van der Waals surface area contributed by atoms with Crippen molar-refractivity contribution in [2.24, 2.45) is 5.92 Å². The predicted molar refractivity (Wildman–Crippen MR) is 61.6 cm³/mol. The van der Waals surface area contributed by atoms with Gasteiger partial charge in [-0.15, -0.1) is 11.6 Å². The van der Waals surface area contributed by atoms with Gasteiger partial charge in [-0.3, -0.25) is 0 Å². The van der Waals surface area contributed by atoms with Gasteiger partial charge in [0.2, 0.25) is 0 Å². The largest absolute Gasteiger partial charge is 0.493 e. The van der Waals surface area contributed by atoms with E-state index < -0.39 is 0 Å². The topological polar surface area (TPSA) is 34.1 Å². The van der Waals surface area contributed by atoms with E-state index in [1.165, 1.54) is 0 Å². The molecule has 1 aliphatic rings. The number of methoxy groups -OCH3 is 1. The van der Waals surface area contributed by atoms with E-state index in [1.807, 2.05) is 12.1 Å². The SMILES string of the molecule is COc1cccnc1NCC1CC(Cl)C1. The summed E-state index contributed by atoms with van der Waals surface area (Å²) in [6.07, 6.45) is 3.96. The van der Waals surface area contributed by atoms with Gasteiger partial charge in [0.25, 0.3) is 0 Å². The highest BCUT2D eigenvalue weighted by atomic mass is 35.5. The highest BCUT2D eigenvalue weighted by Gasteiger charge is 2.26. The molecule has 0 aliphatic heterocycles. The molecule has 0 unspecified atom stereocenters. The Morgan fingerprint density at radius 1 is 1.60 bits per heavy atom. The second-order valence-corrected chi connectivity index (χ2v) is 4.49. The summed E-state index contributed by atoms with van der Waals surface area (Å²) >= 11 is 5.92. The quantitative estimate of drug-likeness (QED) is 0.802. The van der Waals surface area contributed by atoms with Gasteiger partial charge in [-0.05, 0) is 30.9 Å². The summed E-state index contributed by atoms with van der Waals surface area (Å²) in [7, 11) is 1.65. The van der Waals surface area contributed by atoms with Crippen LogP contribution in [0.2, 0.25) is 0 Å². The molecule has 2 rings (SSSR count). The zero-order valence-corrected chi connectivity index (χ0v) is 9.50. The molecule has 0 saturated heterocycles. The highest BCUT2D eigenvalue weighted by molar-refractivity contribution is 6.21. The lowest BCUT2D eigenvalue weighted by molar-refractivity contribution is 0.340. The number of hydrogen-bond donors (Lipinski definition) is 1. The maximum absolute atomic E-state index is 5.92. The fourth-order valence-corrected chi connectivity index (χ4v) is 2.25. The molecule has 1 saturated carbocycles. The molecule has 1 aromatic heterocycles. The summed E-state index contributed by atoms with van der Waals surface area (Å²) in [6.45, 7) is 0.927. The molecular weight excluding hydrogens is 212 g/mol. The summed E-state index contributed by atoms with van der Waals surface area (Å²) in [5, 5.41) is 3.67. The van der Waals surface area contributed by atoms with Crippen LogP contribution in [0.5, 0.6) is 5.75 Å². The van der Waals surface area contributed by atoms with E-state index in [-0.39, 0.29) is 0 Å². The van der Waals surface area contributed by atoms with E-state index in [2.05, 4.69) is 10.3 Å². The van der Waals surface area contributed by atoms with Gasteiger partial charge >= 0.3 is 0 Å². The maximum atomic E-state index is 5.92. The van der Waals surface area contributed by atoms with Crippen molar-refractivity contribution in [2.45, 2.75) is 18.2 Å². The van der Waals surface area contributed by atoms with Crippen LogP contribution in [0.25, 0.3) is 0 Å². The van der Waals surface area contributed by atoms with E-state index in [9.17, 15) is 0 Å². The zero-order valence-electron chi connectivity index (χ0n) is 8.74. The molecule has 0 radical (unpaired) electrons. The normalized spacial score (nSPS) is 24.4. The van der Waals surface area contributed by atoms with Gasteiger partial charge in [-0.2, -0.15) is 0 Å². The average Bonchev–Trinajstić information content (AvgIpc) is 2.23. The van der Waals surface area contributed by atoms with Crippen molar-refractivity contribution in [1.82, 2.24) is 4.98 Å². The van der Waals surface area contributed by atoms with Gasteiger partial charge in [0.1, 0.15) is 0 Å². The molecule has 0 amide bonds. The molecule has 0 atom stereocenters. The molecular formula is C11H15ClN2O. The van der Waals surface area contributed by atoms with Crippen LogP contribution in [-0.4, -0.2) is 24.0 Å². The minimum Gasteiger partial charge on any atom is -0.493 e. The number of alkyl halides is 1. The second kappa shape index (κ2) is 4.71. The third-order valence-electron chi connectivity index (χ3n) is 2.73. The summed E-state index contributed by atoms with van der Waals surface area (Å²) in [4.78, 5) is 4.23. The Morgan fingerprint density at radius 2 is 2.40 bits per heavy atom. The smallest absolute Gasteiger partial charge is 0.168 e.